The molecule has 0 unspecified atom stereocenters. The minimum absolute atomic E-state index is 0.785. The third kappa shape index (κ3) is 1.24. The average Bonchev–Trinajstić information content (AvgIpc) is 2.21. The van der Waals surface area contributed by atoms with Crippen LogP contribution in [0.4, 0.5) is 5.82 Å². The molecular formula is C7H7N5. The van der Waals surface area contributed by atoms with Crippen molar-refractivity contribution in [2.75, 3.05) is 5.01 Å². The Bertz CT molecular complexity index is 305. The molecule has 1 aliphatic heterocycles. The predicted molar refractivity (Wildman–Crippen MR) is 46.8 cm³/mol. The van der Waals surface area contributed by atoms with Crippen LogP contribution in [0, 0.1) is 0 Å². The Kier molecular flexibility index (Phi) is 1.69. The zero-order chi connectivity index (χ0) is 8.23. The number of hydrazine groups is 1. The summed E-state index contributed by atoms with van der Waals surface area (Å²) >= 11 is 0. The van der Waals surface area contributed by atoms with Crippen LogP contribution in [-0.2, 0) is 0 Å². The van der Waals surface area contributed by atoms with E-state index in [0.29, 0.717) is 0 Å². The van der Waals surface area contributed by atoms with E-state index >= 15 is 0 Å². The molecule has 2 rings (SSSR count). The standard InChI is InChI=1S/C7H7N5/c1-2-4-8-7(3-1)12-6-10-9-5-11-12/h1-6H,(H,9,11). The second kappa shape index (κ2) is 3.00. The molecule has 0 fully saturated rings. The van der Waals surface area contributed by atoms with Crippen LogP contribution >= 0.6 is 0 Å². The molecule has 5 nitrogen and oxygen atoms in total. The van der Waals surface area contributed by atoms with Crippen LogP contribution in [0.2, 0.25) is 0 Å². The summed E-state index contributed by atoms with van der Waals surface area (Å²) in [6.45, 7) is 0. The number of hydrogen-bond acceptors (Lipinski definition) is 5. The van der Waals surface area contributed by atoms with Crippen LogP contribution in [-0.4, -0.2) is 17.7 Å². The zero-order valence-corrected chi connectivity index (χ0v) is 6.25. The van der Waals surface area contributed by atoms with Crippen molar-refractivity contribution in [2.45, 2.75) is 0 Å². The topological polar surface area (TPSA) is 52.9 Å². The molecule has 1 aromatic heterocycles. The van der Waals surface area contributed by atoms with Gasteiger partial charge in [0.25, 0.3) is 0 Å². The van der Waals surface area contributed by atoms with Gasteiger partial charge < -0.3 is 0 Å². The largest absolute Gasteiger partial charge is 0.279 e. The molecule has 1 aromatic rings. The van der Waals surface area contributed by atoms with Crippen LogP contribution in [0.3, 0.4) is 0 Å². The zero-order valence-electron chi connectivity index (χ0n) is 6.25. The van der Waals surface area contributed by atoms with Gasteiger partial charge in [-0.3, -0.25) is 5.43 Å². The number of nitrogens with zero attached hydrogens (tertiary/aromatic N) is 4. The molecule has 0 bridgehead atoms. The summed E-state index contributed by atoms with van der Waals surface area (Å²) in [5.74, 6) is 0.785. The number of rotatable bonds is 1. The Morgan fingerprint density at radius 3 is 2.92 bits per heavy atom. The summed E-state index contributed by atoms with van der Waals surface area (Å²) in [7, 11) is 0. The molecule has 0 saturated heterocycles. The lowest BCUT2D eigenvalue weighted by Gasteiger charge is -2.17. The highest BCUT2D eigenvalue weighted by Gasteiger charge is 2.03. The van der Waals surface area contributed by atoms with Crippen molar-refractivity contribution in [3.05, 3.63) is 24.4 Å². The van der Waals surface area contributed by atoms with Gasteiger partial charge in [0.05, 0.1) is 0 Å². The van der Waals surface area contributed by atoms with E-state index < -0.39 is 0 Å². The normalized spacial score (nSPS) is 14.5. The Balaban J connectivity index is 2.21. The Morgan fingerprint density at radius 2 is 2.25 bits per heavy atom. The molecule has 1 N–H and O–H groups in total. The first-order valence-corrected chi connectivity index (χ1v) is 3.48. The smallest absolute Gasteiger partial charge is 0.152 e. The van der Waals surface area contributed by atoms with Crippen molar-refractivity contribution in [3.63, 3.8) is 0 Å². The van der Waals surface area contributed by atoms with E-state index in [2.05, 4.69) is 20.6 Å². The Morgan fingerprint density at radius 1 is 1.25 bits per heavy atom. The van der Waals surface area contributed by atoms with Gasteiger partial charge in [-0.25, -0.2) is 9.99 Å². The maximum absolute atomic E-state index is 4.11. The second-order valence-corrected chi connectivity index (χ2v) is 2.16. The molecule has 1 aliphatic rings. The van der Waals surface area contributed by atoms with Crippen molar-refractivity contribution in [2.24, 2.45) is 10.2 Å². The number of nitrogens with one attached hydrogen (secondary N) is 1. The molecule has 12 heavy (non-hydrogen) atoms. The third-order valence-electron chi connectivity index (χ3n) is 1.38. The lowest BCUT2D eigenvalue weighted by molar-refractivity contribution is 0.930. The molecule has 5 heteroatoms. The van der Waals surface area contributed by atoms with E-state index in [1.54, 1.807) is 17.5 Å². The monoisotopic (exact) mass is 161 g/mol. The molecule has 60 valence electrons. The van der Waals surface area contributed by atoms with Gasteiger partial charge in [0.2, 0.25) is 0 Å². The highest BCUT2D eigenvalue weighted by atomic mass is 15.6. The first-order chi connectivity index (χ1) is 5.97. The average molecular weight is 161 g/mol. The lowest BCUT2D eigenvalue weighted by Crippen LogP contribution is -2.38. The fourth-order valence-corrected chi connectivity index (χ4v) is 0.858. The molecule has 0 spiro atoms. The van der Waals surface area contributed by atoms with Gasteiger partial charge >= 0.3 is 0 Å². The summed E-state index contributed by atoms with van der Waals surface area (Å²) in [6, 6.07) is 5.64. The van der Waals surface area contributed by atoms with Crippen molar-refractivity contribution in [3.8, 4) is 0 Å². The number of aromatic nitrogens is 1. The van der Waals surface area contributed by atoms with Crippen LogP contribution in [0.25, 0.3) is 0 Å². The molecular weight excluding hydrogens is 154 g/mol. The lowest BCUT2D eigenvalue weighted by atomic mass is 10.5. The third-order valence-corrected chi connectivity index (χ3v) is 1.38. The van der Waals surface area contributed by atoms with Crippen molar-refractivity contribution in [1.29, 1.82) is 0 Å². The quantitative estimate of drug-likeness (QED) is 0.647. The first kappa shape index (κ1) is 6.78. The molecule has 2 heterocycles. The second-order valence-electron chi connectivity index (χ2n) is 2.16. The van der Waals surface area contributed by atoms with Crippen LogP contribution in [0.1, 0.15) is 0 Å². The SMILES string of the molecule is C1=NN=CN(c2ccccn2)N1. The van der Waals surface area contributed by atoms with Gasteiger partial charge in [0.15, 0.2) is 5.82 Å². The molecule has 0 atom stereocenters. The van der Waals surface area contributed by atoms with E-state index in [1.165, 1.54) is 6.34 Å². The summed E-state index contributed by atoms with van der Waals surface area (Å²) in [6.07, 6.45) is 4.77. The summed E-state index contributed by atoms with van der Waals surface area (Å²) in [5.41, 5.74) is 2.87. The van der Waals surface area contributed by atoms with Gasteiger partial charge in [0, 0.05) is 6.20 Å². The van der Waals surface area contributed by atoms with Crippen molar-refractivity contribution in [1.82, 2.24) is 10.4 Å². The van der Waals surface area contributed by atoms with E-state index in [4.69, 9.17) is 0 Å². The molecule has 0 radical (unpaired) electrons. The van der Waals surface area contributed by atoms with Crippen LogP contribution < -0.4 is 10.4 Å². The first-order valence-electron chi connectivity index (χ1n) is 3.48. The maximum Gasteiger partial charge on any atom is 0.152 e. The molecule has 0 aliphatic carbocycles. The molecule has 0 amide bonds. The van der Waals surface area contributed by atoms with Crippen LogP contribution in [0.5, 0.6) is 0 Å². The highest BCUT2D eigenvalue weighted by molar-refractivity contribution is 5.81. The predicted octanol–water partition coefficient (Wildman–Crippen LogP) is 0.378. The fraction of sp³-hybridized carbons (Fsp3) is 0. The van der Waals surface area contributed by atoms with Gasteiger partial charge in [0.1, 0.15) is 12.7 Å². The van der Waals surface area contributed by atoms with Crippen LogP contribution in [0.15, 0.2) is 34.6 Å². The summed E-state index contributed by atoms with van der Waals surface area (Å²) in [5, 5.41) is 8.99. The van der Waals surface area contributed by atoms with Gasteiger partial charge in [-0.1, -0.05) is 6.07 Å². The highest BCUT2D eigenvalue weighted by Crippen LogP contribution is 2.04. The summed E-state index contributed by atoms with van der Waals surface area (Å²) in [4.78, 5) is 4.11. The van der Waals surface area contributed by atoms with E-state index in [0.717, 1.165) is 5.82 Å². The van der Waals surface area contributed by atoms with E-state index in [-0.39, 0.29) is 0 Å². The van der Waals surface area contributed by atoms with E-state index in [1.807, 2.05) is 18.2 Å². The minimum atomic E-state index is 0.785. The number of anilines is 1. The fourth-order valence-electron chi connectivity index (χ4n) is 0.858. The maximum atomic E-state index is 4.11. The number of pyridine rings is 1. The Hall–Kier alpha value is -1.91. The minimum Gasteiger partial charge on any atom is -0.279 e. The van der Waals surface area contributed by atoms with Gasteiger partial charge in [-0.2, -0.15) is 0 Å². The number of hydrogen-bond donors (Lipinski definition) is 1. The van der Waals surface area contributed by atoms with Crippen molar-refractivity contribution < 1.29 is 0 Å². The Labute approximate surface area is 69.4 Å². The van der Waals surface area contributed by atoms with Gasteiger partial charge in [-0.05, 0) is 12.1 Å². The van der Waals surface area contributed by atoms with Crippen molar-refractivity contribution >= 4 is 18.5 Å². The van der Waals surface area contributed by atoms with Gasteiger partial charge in [-0.15, -0.1) is 10.2 Å². The summed E-state index contributed by atoms with van der Waals surface area (Å²) < 4.78 is 0. The molecule has 0 aromatic carbocycles. The van der Waals surface area contributed by atoms with E-state index in [9.17, 15) is 0 Å². The molecule has 0 saturated carbocycles.